The van der Waals surface area contributed by atoms with Crippen molar-refractivity contribution in [3.63, 3.8) is 0 Å². The van der Waals surface area contributed by atoms with E-state index in [2.05, 4.69) is 192 Å². The molecular formula is C56H58IrN4OSi-2. The van der Waals surface area contributed by atoms with Gasteiger partial charge in [-0.2, -0.15) is 0 Å². The SMILES string of the molecule is CC(C)Cc1cc(-c2[c-]cccc2)ncc1[Si](C)(C)C.Cc1cc2c(cn1)oc1c(-c3nc4ccccc4n3-c3c(C(C)C)cc(-c4ccccc4)cc3C(C)C)[c-]cc(C)c12.[Ir]. The van der Waals surface area contributed by atoms with Gasteiger partial charge in [-0.25, -0.2) is 0 Å². The number of benzene rings is 5. The monoisotopic (exact) mass is 1020 g/mol. The molecule has 9 aromatic rings. The van der Waals surface area contributed by atoms with E-state index in [-0.39, 0.29) is 31.9 Å². The van der Waals surface area contributed by atoms with Crippen molar-refractivity contribution >= 4 is 46.2 Å². The Morgan fingerprint density at radius 3 is 2.06 bits per heavy atom. The number of para-hydroxylation sites is 2. The molecule has 0 saturated heterocycles. The van der Waals surface area contributed by atoms with Gasteiger partial charge in [0.1, 0.15) is 5.58 Å². The van der Waals surface area contributed by atoms with Crippen LogP contribution in [0.5, 0.6) is 0 Å². The minimum atomic E-state index is -1.34. The van der Waals surface area contributed by atoms with Crippen molar-refractivity contribution in [1.82, 2.24) is 19.5 Å². The molecule has 0 atom stereocenters. The molecule has 0 spiro atoms. The average Bonchev–Trinajstić information content (AvgIpc) is 3.83. The van der Waals surface area contributed by atoms with Gasteiger partial charge < -0.3 is 14.0 Å². The number of rotatable bonds is 9. The quantitative estimate of drug-likeness (QED) is 0.107. The first kappa shape index (κ1) is 45.6. The molecule has 4 aromatic heterocycles. The second kappa shape index (κ2) is 18.7. The van der Waals surface area contributed by atoms with Gasteiger partial charge in [-0.05, 0) is 94.6 Å². The first-order valence-electron chi connectivity index (χ1n) is 22.1. The number of hydrogen-bond donors (Lipinski definition) is 0. The molecule has 0 saturated carbocycles. The Labute approximate surface area is 388 Å². The van der Waals surface area contributed by atoms with Crippen LogP contribution >= 0.6 is 0 Å². The third-order valence-corrected chi connectivity index (χ3v) is 13.8. The van der Waals surface area contributed by atoms with Crippen molar-refractivity contribution in [2.75, 3.05) is 0 Å². The molecule has 1 radical (unpaired) electrons. The smallest absolute Gasteiger partial charge is 0.139 e. The number of pyridine rings is 2. The van der Waals surface area contributed by atoms with Crippen LogP contribution in [-0.2, 0) is 26.5 Å². The van der Waals surface area contributed by atoms with E-state index in [1.807, 2.05) is 31.3 Å². The molecule has 323 valence electrons. The molecular weight excluding hydrogens is 965 g/mol. The summed E-state index contributed by atoms with van der Waals surface area (Å²) in [4.78, 5) is 14.5. The van der Waals surface area contributed by atoms with E-state index in [0.717, 1.165) is 73.3 Å². The average molecular weight is 1020 g/mol. The summed E-state index contributed by atoms with van der Waals surface area (Å²) in [6, 6.07) is 45.2. The molecule has 0 unspecified atom stereocenters. The minimum Gasteiger partial charge on any atom is -0.499 e. The Hall–Kier alpha value is -5.46. The molecule has 0 N–H and O–H groups in total. The van der Waals surface area contributed by atoms with Crippen LogP contribution < -0.4 is 5.19 Å². The summed E-state index contributed by atoms with van der Waals surface area (Å²) in [6.07, 6.45) is 5.06. The van der Waals surface area contributed by atoms with Gasteiger partial charge >= 0.3 is 0 Å². The van der Waals surface area contributed by atoms with Crippen molar-refractivity contribution in [2.45, 2.75) is 93.3 Å². The summed E-state index contributed by atoms with van der Waals surface area (Å²) in [7, 11) is -1.34. The molecule has 0 bridgehead atoms. The largest absolute Gasteiger partial charge is 0.499 e. The molecule has 0 amide bonds. The van der Waals surface area contributed by atoms with Crippen LogP contribution in [0.4, 0.5) is 0 Å². The van der Waals surface area contributed by atoms with Crippen molar-refractivity contribution < 1.29 is 24.5 Å². The first-order valence-corrected chi connectivity index (χ1v) is 25.6. The number of aryl methyl sites for hydroxylation is 2. The number of furan rings is 1. The van der Waals surface area contributed by atoms with Crippen molar-refractivity contribution in [3.05, 3.63) is 162 Å². The Morgan fingerprint density at radius 2 is 1.41 bits per heavy atom. The molecule has 5 nitrogen and oxygen atoms in total. The maximum atomic E-state index is 6.55. The fourth-order valence-electron chi connectivity index (χ4n) is 8.68. The van der Waals surface area contributed by atoms with E-state index < -0.39 is 8.07 Å². The summed E-state index contributed by atoms with van der Waals surface area (Å²) in [5.74, 6) is 2.08. The van der Waals surface area contributed by atoms with Crippen LogP contribution in [0.15, 0.2) is 126 Å². The summed E-state index contributed by atoms with van der Waals surface area (Å²) >= 11 is 0. The van der Waals surface area contributed by atoms with Crippen molar-refractivity contribution in [1.29, 1.82) is 0 Å². The fourth-order valence-corrected chi connectivity index (χ4v) is 10.3. The summed E-state index contributed by atoms with van der Waals surface area (Å²) < 4.78 is 8.90. The van der Waals surface area contributed by atoms with Crippen LogP contribution in [0.2, 0.25) is 19.6 Å². The van der Waals surface area contributed by atoms with E-state index in [0.29, 0.717) is 5.92 Å². The zero-order chi connectivity index (χ0) is 43.9. The van der Waals surface area contributed by atoms with Gasteiger partial charge in [0.2, 0.25) is 0 Å². The zero-order valence-electron chi connectivity index (χ0n) is 38.5. The van der Waals surface area contributed by atoms with Gasteiger partial charge in [-0.3, -0.25) is 9.97 Å². The number of nitrogens with zero attached hydrogens (tertiary/aromatic N) is 4. The van der Waals surface area contributed by atoms with E-state index in [1.165, 1.54) is 38.7 Å². The van der Waals surface area contributed by atoms with E-state index in [4.69, 9.17) is 9.40 Å². The predicted molar refractivity (Wildman–Crippen MR) is 264 cm³/mol. The van der Waals surface area contributed by atoms with Gasteiger partial charge in [0.05, 0.1) is 36.7 Å². The van der Waals surface area contributed by atoms with Crippen LogP contribution in [0.25, 0.3) is 72.4 Å². The Kier molecular flexibility index (Phi) is 13.5. The molecule has 5 aromatic carbocycles. The van der Waals surface area contributed by atoms with Crippen molar-refractivity contribution in [2.24, 2.45) is 5.92 Å². The van der Waals surface area contributed by atoms with Crippen LogP contribution in [0, 0.1) is 31.9 Å². The minimum absolute atomic E-state index is 0. The second-order valence-electron chi connectivity index (χ2n) is 18.8. The summed E-state index contributed by atoms with van der Waals surface area (Å²) in [5.41, 5.74) is 16.4. The van der Waals surface area contributed by atoms with Crippen LogP contribution in [0.3, 0.4) is 0 Å². The molecule has 7 heteroatoms. The third-order valence-electron chi connectivity index (χ3n) is 11.7. The maximum absolute atomic E-state index is 6.55. The molecule has 0 aliphatic rings. The number of imidazole rings is 1. The van der Waals surface area contributed by atoms with Gasteiger partial charge in [0, 0.05) is 43.1 Å². The van der Waals surface area contributed by atoms with E-state index in [9.17, 15) is 0 Å². The molecule has 4 heterocycles. The summed E-state index contributed by atoms with van der Waals surface area (Å²) in [6.45, 7) is 25.0. The number of hydrogen-bond acceptors (Lipinski definition) is 4. The van der Waals surface area contributed by atoms with Gasteiger partial charge in [-0.1, -0.05) is 133 Å². The number of aromatic nitrogens is 4. The molecule has 9 rings (SSSR count). The third kappa shape index (κ3) is 9.29. The second-order valence-corrected chi connectivity index (χ2v) is 23.8. The standard InChI is InChI=1S/C38H34N3O.C18H24NSi.Ir/c1-22(2)29-19-27(26-12-8-7-9-13-26)20-30(23(3)4)36(29)41-33-15-11-10-14-32(33)40-38(41)28-17-16-24(5)35-31-18-25(6)39-21-34(31)42-37(28)35;1-14(2)11-16-12-17(15-9-7-6-8-10-15)19-13-18(16)20(3,4)5;/h7-16,18-23H,1-6H3;6-9,12-14H,11H2,1-5H3;/q2*-1;. The van der Waals surface area contributed by atoms with E-state index in [1.54, 1.807) is 0 Å². The molecule has 0 fully saturated rings. The van der Waals surface area contributed by atoms with Gasteiger partial charge in [0.25, 0.3) is 0 Å². The van der Waals surface area contributed by atoms with Gasteiger partial charge in [-0.15, -0.1) is 53.6 Å². The zero-order valence-corrected chi connectivity index (χ0v) is 41.9. The topological polar surface area (TPSA) is 56.7 Å². The Bertz CT molecular complexity index is 3000. The predicted octanol–water partition coefficient (Wildman–Crippen LogP) is 14.6. The summed E-state index contributed by atoms with van der Waals surface area (Å²) in [5, 5.41) is 3.66. The first-order chi connectivity index (χ1) is 29.7. The molecule has 0 aliphatic carbocycles. The van der Waals surface area contributed by atoms with Crippen molar-refractivity contribution in [3.8, 4) is 39.5 Å². The fraction of sp³-hybridized carbons (Fsp3) is 0.268. The maximum Gasteiger partial charge on any atom is 0.139 e. The van der Waals surface area contributed by atoms with Crippen LogP contribution in [-0.4, -0.2) is 27.6 Å². The molecule has 0 aliphatic heterocycles. The van der Waals surface area contributed by atoms with E-state index >= 15 is 0 Å². The van der Waals surface area contributed by atoms with Crippen LogP contribution in [0.1, 0.15) is 81.3 Å². The normalized spacial score (nSPS) is 11.8. The Balaban J connectivity index is 0.000000239. The molecule has 63 heavy (non-hydrogen) atoms. The van der Waals surface area contributed by atoms with Gasteiger partial charge in [0.15, 0.2) is 0 Å². The number of fused-ring (bicyclic) bond motifs is 4. The Morgan fingerprint density at radius 1 is 0.730 bits per heavy atom.